The van der Waals surface area contributed by atoms with Gasteiger partial charge in [-0.25, -0.2) is 0 Å². The van der Waals surface area contributed by atoms with Crippen LogP contribution in [0.2, 0.25) is 0 Å². The molecule has 1 atom stereocenters. The highest BCUT2D eigenvalue weighted by molar-refractivity contribution is 5.89. The molecule has 1 N–H and O–H groups in total. The Bertz CT molecular complexity index is 866. The van der Waals surface area contributed by atoms with Gasteiger partial charge in [-0.15, -0.1) is 0 Å². The lowest BCUT2D eigenvalue weighted by Crippen LogP contribution is -2.50. The molecule has 2 saturated heterocycles. The fraction of sp³-hybridized carbons (Fsp3) is 0.462. The molecular formula is C26H34N4O2. The Balaban J connectivity index is 1.16. The summed E-state index contributed by atoms with van der Waals surface area (Å²) >= 11 is 0. The fourth-order valence-electron chi connectivity index (χ4n) is 4.68. The third-order valence-electron chi connectivity index (χ3n) is 6.52. The number of hydrogen-bond acceptors (Lipinski definition) is 4. The third-order valence-corrected chi connectivity index (χ3v) is 6.52. The van der Waals surface area contributed by atoms with Crippen molar-refractivity contribution in [1.29, 1.82) is 0 Å². The average Bonchev–Trinajstić information content (AvgIpc) is 3.32. The molecule has 0 saturated carbocycles. The van der Waals surface area contributed by atoms with E-state index < -0.39 is 0 Å². The SMILES string of the molecule is O=C(NCCN1CCN(Cc2ccccc2)CC1)C1CCCN1C(=O)Cc1ccccc1. The first-order valence-electron chi connectivity index (χ1n) is 11.8. The summed E-state index contributed by atoms with van der Waals surface area (Å²) in [5.74, 6) is 0.0370. The molecule has 6 nitrogen and oxygen atoms in total. The number of hydrogen-bond donors (Lipinski definition) is 1. The van der Waals surface area contributed by atoms with Crippen LogP contribution in [0.4, 0.5) is 0 Å². The van der Waals surface area contributed by atoms with E-state index in [0.717, 1.165) is 57.7 Å². The van der Waals surface area contributed by atoms with Crippen molar-refractivity contribution in [2.45, 2.75) is 31.8 Å². The molecule has 2 amide bonds. The van der Waals surface area contributed by atoms with Crippen molar-refractivity contribution >= 4 is 11.8 Å². The maximum absolute atomic E-state index is 12.8. The molecule has 4 rings (SSSR count). The zero-order valence-electron chi connectivity index (χ0n) is 18.8. The van der Waals surface area contributed by atoms with Crippen LogP contribution in [-0.4, -0.2) is 78.4 Å². The molecule has 1 unspecified atom stereocenters. The number of benzene rings is 2. The van der Waals surface area contributed by atoms with E-state index >= 15 is 0 Å². The van der Waals surface area contributed by atoms with E-state index in [4.69, 9.17) is 0 Å². The highest BCUT2D eigenvalue weighted by Gasteiger charge is 2.33. The summed E-state index contributed by atoms with van der Waals surface area (Å²) in [6.45, 7) is 7.31. The zero-order valence-corrected chi connectivity index (χ0v) is 18.8. The highest BCUT2D eigenvalue weighted by Crippen LogP contribution is 2.19. The molecule has 0 aromatic heterocycles. The van der Waals surface area contributed by atoms with Crippen molar-refractivity contribution < 1.29 is 9.59 Å². The van der Waals surface area contributed by atoms with Gasteiger partial charge in [0.05, 0.1) is 6.42 Å². The number of amides is 2. The molecular weight excluding hydrogens is 400 g/mol. The Morgan fingerprint density at radius 3 is 2.12 bits per heavy atom. The van der Waals surface area contributed by atoms with Gasteiger partial charge in [0.2, 0.25) is 11.8 Å². The van der Waals surface area contributed by atoms with Crippen LogP contribution in [0, 0.1) is 0 Å². The van der Waals surface area contributed by atoms with Gasteiger partial charge in [-0.1, -0.05) is 60.7 Å². The molecule has 32 heavy (non-hydrogen) atoms. The molecule has 2 fully saturated rings. The molecule has 2 aromatic carbocycles. The summed E-state index contributed by atoms with van der Waals surface area (Å²) in [6, 6.07) is 20.0. The summed E-state index contributed by atoms with van der Waals surface area (Å²) in [6.07, 6.45) is 2.00. The molecule has 170 valence electrons. The Hall–Kier alpha value is -2.70. The van der Waals surface area contributed by atoms with E-state index in [2.05, 4.69) is 45.4 Å². The van der Waals surface area contributed by atoms with Gasteiger partial charge in [0.25, 0.3) is 0 Å². The van der Waals surface area contributed by atoms with E-state index in [0.29, 0.717) is 19.5 Å². The molecule has 0 bridgehead atoms. The molecule has 2 heterocycles. The molecule has 0 aliphatic carbocycles. The topological polar surface area (TPSA) is 55.9 Å². The largest absolute Gasteiger partial charge is 0.353 e. The van der Waals surface area contributed by atoms with Crippen LogP contribution in [0.25, 0.3) is 0 Å². The van der Waals surface area contributed by atoms with E-state index in [1.54, 1.807) is 4.90 Å². The lowest BCUT2D eigenvalue weighted by Gasteiger charge is -2.34. The Morgan fingerprint density at radius 1 is 0.812 bits per heavy atom. The minimum Gasteiger partial charge on any atom is -0.353 e. The first-order valence-corrected chi connectivity index (χ1v) is 11.8. The average molecular weight is 435 g/mol. The summed E-state index contributed by atoms with van der Waals surface area (Å²) < 4.78 is 0. The third kappa shape index (κ3) is 6.17. The van der Waals surface area contributed by atoms with Gasteiger partial charge in [0.15, 0.2) is 0 Å². The molecule has 6 heteroatoms. The van der Waals surface area contributed by atoms with Crippen molar-refractivity contribution in [3.8, 4) is 0 Å². The maximum atomic E-state index is 12.8. The van der Waals surface area contributed by atoms with Crippen LogP contribution < -0.4 is 5.32 Å². The van der Waals surface area contributed by atoms with E-state index in [-0.39, 0.29) is 17.9 Å². The minimum atomic E-state index is -0.325. The van der Waals surface area contributed by atoms with E-state index in [1.165, 1.54) is 5.56 Å². The maximum Gasteiger partial charge on any atom is 0.242 e. The first kappa shape index (κ1) is 22.5. The van der Waals surface area contributed by atoms with Crippen LogP contribution in [0.15, 0.2) is 60.7 Å². The Kier molecular flexibility index (Phi) is 7.91. The van der Waals surface area contributed by atoms with Crippen molar-refractivity contribution in [3.63, 3.8) is 0 Å². The number of nitrogens with one attached hydrogen (secondary N) is 1. The second kappa shape index (κ2) is 11.2. The number of likely N-dealkylation sites (tertiary alicyclic amines) is 1. The molecule has 2 aliphatic heterocycles. The first-order chi connectivity index (χ1) is 15.7. The summed E-state index contributed by atoms with van der Waals surface area (Å²) in [7, 11) is 0. The Morgan fingerprint density at radius 2 is 1.44 bits per heavy atom. The second-order valence-electron chi connectivity index (χ2n) is 8.80. The molecule has 2 aliphatic rings. The summed E-state index contributed by atoms with van der Waals surface area (Å²) in [5, 5.41) is 3.08. The molecule has 0 spiro atoms. The number of rotatable bonds is 8. The standard InChI is InChI=1S/C26H34N4O2/c31-25(20-22-8-3-1-4-9-22)30-14-7-12-24(30)26(32)27-13-15-28-16-18-29(19-17-28)21-23-10-5-2-6-11-23/h1-6,8-11,24H,7,12-21H2,(H,27,32). The summed E-state index contributed by atoms with van der Waals surface area (Å²) in [5.41, 5.74) is 2.35. The van der Waals surface area contributed by atoms with Crippen LogP contribution in [0.3, 0.4) is 0 Å². The number of carbonyl (C=O) groups is 2. The predicted molar refractivity (Wildman–Crippen MR) is 126 cm³/mol. The van der Waals surface area contributed by atoms with Gasteiger partial charge in [-0.05, 0) is 24.0 Å². The smallest absolute Gasteiger partial charge is 0.242 e. The quantitative estimate of drug-likeness (QED) is 0.692. The number of piperazine rings is 1. The molecule has 2 aromatic rings. The predicted octanol–water partition coefficient (Wildman–Crippen LogP) is 2.15. The van der Waals surface area contributed by atoms with Crippen molar-refractivity contribution in [2.24, 2.45) is 0 Å². The minimum absolute atomic E-state index is 0.00775. The van der Waals surface area contributed by atoms with Crippen LogP contribution in [0.1, 0.15) is 24.0 Å². The number of nitrogens with zero attached hydrogens (tertiary/aromatic N) is 3. The van der Waals surface area contributed by atoms with Crippen molar-refractivity contribution in [2.75, 3.05) is 45.8 Å². The van der Waals surface area contributed by atoms with Gasteiger partial charge in [0.1, 0.15) is 6.04 Å². The zero-order chi connectivity index (χ0) is 22.2. The normalized spacial score (nSPS) is 19.8. The number of carbonyl (C=O) groups excluding carboxylic acids is 2. The van der Waals surface area contributed by atoms with Crippen LogP contribution >= 0.6 is 0 Å². The van der Waals surface area contributed by atoms with Crippen LogP contribution in [0.5, 0.6) is 0 Å². The highest BCUT2D eigenvalue weighted by atomic mass is 16.2. The van der Waals surface area contributed by atoms with Crippen molar-refractivity contribution in [3.05, 3.63) is 71.8 Å². The lowest BCUT2D eigenvalue weighted by atomic mass is 10.1. The van der Waals surface area contributed by atoms with Gasteiger partial charge < -0.3 is 10.2 Å². The van der Waals surface area contributed by atoms with E-state index in [1.807, 2.05) is 30.3 Å². The van der Waals surface area contributed by atoms with Gasteiger partial charge in [-0.2, -0.15) is 0 Å². The lowest BCUT2D eigenvalue weighted by molar-refractivity contribution is -0.138. The van der Waals surface area contributed by atoms with Gasteiger partial charge in [0, 0.05) is 52.4 Å². The van der Waals surface area contributed by atoms with Crippen molar-refractivity contribution in [1.82, 2.24) is 20.0 Å². The monoisotopic (exact) mass is 434 g/mol. The Labute approximate surface area is 191 Å². The van der Waals surface area contributed by atoms with Gasteiger partial charge >= 0.3 is 0 Å². The fourth-order valence-corrected chi connectivity index (χ4v) is 4.68. The summed E-state index contributed by atoms with van der Waals surface area (Å²) in [4.78, 5) is 32.2. The second-order valence-corrected chi connectivity index (χ2v) is 8.80. The van der Waals surface area contributed by atoms with Gasteiger partial charge in [-0.3, -0.25) is 19.4 Å². The van der Waals surface area contributed by atoms with E-state index in [9.17, 15) is 9.59 Å². The molecule has 0 radical (unpaired) electrons. The van der Waals surface area contributed by atoms with Crippen LogP contribution in [-0.2, 0) is 22.6 Å².